The minimum absolute atomic E-state index is 0.0578. The highest BCUT2D eigenvalue weighted by Gasteiger charge is 2.12. The Bertz CT molecular complexity index is 853. The van der Waals surface area contributed by atoms with Crippen molar-refractivity contribution in [2.24, 2.45) is 0 Å². The molecular weight excluding hydrogens is 390 g/mol. The molecule has 2 aromatic carbocycles. The van der Waals surface area contributed by atoms with Gasteiger partial charge in [0.05, 0.1) is 0 Å². The van der Waals surface area contributed by atoms with Crippen molar-refractivity contribution in [2.45, 2.75) is 26.7 Å². The lowest BCUT2D eigenvalue weighted by atomic mass is 10.1. The van der Waals surface area contributed by atoms with Crippen LogP contribution < -0.4 is 10.6 Å². The quantitative estimate of drug-likeness (QED) is 0.400. The molecule has 0 saturated heterocycles. The van der Waals surface area contributed by atoms with E-state index in [0.717, 1.165) is 34.1 Å². The molecule has 2 rings (SSSR count). The number of anilines is 1. The number of aryl methyl sites for hydroxylation is 2. The lowest BCUT2D eigenvalue weighted by Crippen LogP contribution is -2.19. The van der Waals surface area contributed by atoms with Crippen LogP contribution in [0.2, 0.25) is 0 Å². The Morgan fingerprint density at radius 2 is 1.92 bits per heavy atom. The molecule has 0 radical (unpaired) electrons. The van der Waals surface area contributed by atoms with Crippen molar-refractivity contribution in [3.8, 4) is 6.07 Å². The third-order valence-electron chi connectivity index (χ3n) is 4.09. The number of nitriles is 1. The van der Waals surface area contributed by atoms with Crippen molar-refractivity contribution in [3.05, 3.63) is 75.4 Å². The number of benzene rings is 2. The van der Waals surface area contributed by atoms with Gasteiger partial charge in [-0.1, -0.05) is 59.3 Å². The van der Waals surface area contributed by atoms with Crippen LogP contribution in [-0.2, 0) is 17.6 Å². The third kappa shape index (κ3) is 5.21. The molecule has 2 aromatic rings. The topological polar surface area (TPSA) is 64.9 Å². The Morgan fingerprint density at radius 1 is 1.19 bits per heavy atom. The SMILES string of the molecule is CCc1cccc(C)c1NC(=O)/C(C#N)=C\NCCc1ccccc1Br. The number of hydrogen-bond donors (Lipinski definition) is 2. The van der Waals surface area contributed by atoms with Gasteiger partial charge in [0, 0.05) is 22.9 Å². The van der Waals surface area contributed by atoms with Crippen molar-refractivity contribution >= 4 is 27.5 Å². The normalized spacial score (nSPS) is 10.9. The monoisotopic (exact) mass is 411 g/mol. The maximum atomic E-state index is 12.4. The highest BCUT2D eigenvalue weighted by atomic mass is 79.9. The van der Waals surface area contributed by atoms with Gasteiger partial charge in [-0.25, -0.2) is 0 Å². The van der Waals surface area contributed by atoms with Crippen molar-refractivity contribution in [3.63, 3.8) is 0 Å². The number of rotatable bonds is 7. The van der Waals surface area contributed by atoms with Gasteiger partial charge in [0.2, 0.25) is 0 Å². The molecule has 4 nitrogen and oxygen atoms in total. The summed E-state index contributed by atoms with van der Waals surface area (Å²) in [6, 6.07) is 15.8. The fraction of sp³-hybridized carbons (Fsp3) is 0.238. The number of halogens is 1. The first-order valence-electron chi connectivity index (χ1n) is 8.53. The van der Waals surface area contributed by atoms with Crippen molar-refractivity contribution in [1.82, 2.24) is 5.32 Å². The molecule has 0 aromatic heterocycles. The molecule has 0 unspecified atom stereocenters. The number of nitrogens with zero attached hydrogens (tertiary/aromatic N) is 1. The molecule has 0 aliphatic carbocycles. The molecule has 134 valence electrons. The van der Waals surface area contributed by atoms with E-state index in [1.165, 1.54) is 11.8 Å². The van der Waals surface area contributed by atoms with Gasteiger partial charge in [-0.15, -0.1) is 0 Å². The van der Waals surface area contributed by atoms with Crippen LogP contribution in [0.1, 0.15) is 23.6 Å². The molecule has 0 spiro atoms. The number of para-hydroxylation sites is 1. The summed E-state index contributed by atoms with van der Waals surface area (Å²) >= 11 is 3.51. The first-order valence-corrected chi connectivity index (χ1v) is 9.33. The summed E-state index contributed by atoms with van der Waals surface area (Å²) < 4.78 is 1.05. The lowest BCUT2D eigenvalue weighted by Gasteiger charge is -2.12. The first-order chi connectivity index (χ1) is 12.6. The van der Waals surface area contributed by atoms with Crippen LogP contribution in [0.5, 0.6) is 0 Å². The Balaban J connectivity index is 1.99. The average Bonchev–Trinajstić information content (AvgIpc) is 2.64. The maximum absolute atomic E-state index is 12.4. The highest BCUT2D eigenvalue weighted by molar-refractivity contribution is 9.10. The van der Waals surface area contributed by atoms with Crippen LogP contribution in [0.25, 0.3) is 0 Å². The summed E-state index contributed by atoms with van der Waals surface area (Å²) in [4.78, 5) is 12.4. The largest absolute Gasteiger partial charge is 0.389 e. The van der Waals surface area contributed by atoms with E-state index in [2.05, 4.69) is 26.6 Å². The van der Waals surface area contributed by atoms with Gasteiger partial charge in [0.15, 0.2) is 0 Å². The minimum atomic E-state index is -0.398. The molecule has 0 bridgehead atoms. The zero-order chi connectivity index (χ0) is 18.9. The number of carbonyl (C=O) groups excluding carboxylic acids is 1. The molecule has 0 aliphatic heterocycles. The lowest BCUT2D eigenvalue weighted by molar-refractivity contribution is -0.112. The molecule has 0 atom stereocenters. The van der Waals surface area contributed by atoms with E-state index in [0.29, 0.717) is 6.54 Å². The zero-order valence-electron chi connectivity index (χ0n) is 15.0. The molecular formula is C21H22BrN3O. The fourth-order valence-corrected chi connectivity index (χ4v) is 3.10. The third-order valence-corrected chi connectivity index (χ3v) is 4.86. The Hall–Kier alpha value is -2.58. The van der Waals surface area contributed by atoms with Crippen molar-refractivity contribution in [2.75, 3.05) is 11.9 Å². The Morgan fingerprint density at radius 3 is 2.62 bits per heavy atom. The van der Waals surface area contributed by atoms with Gasteiger partial charge in [-0.2, -0.15) is 5.26 Å². The first kappa shape index (κ1) is 19.7. The van der Waals surface area contributed by atoms with E-state index in [1.54, 1.807) is 0 Å². The van der Waals surface area contributed by atoms with Crippen molar-refractivity contribution in [1.29, 1.82) is 5.26 Å². The molecule has 0 saturated carbocycles. The van der Waals surface area contributed by atoms with Crippen LogP contribution in [0.15, 0.2) is 58.7 Å². The molecule has 1 amide bonds. The van der Waals surface area contributed by atoms with Gasteiger partial charge >= 0.3 is 0 Å². The summed E-state index contributed by atoms with van der Waals surface area (Å²) in [7, 11) is 0. The Labute approximate surface area is 163 Å². The molecule has 5 heteroatoms. The molecule has 0 aliphatic rings. The van der Waals surface area contributed by atoms with E-state index in [1.807, 2.05) is 62.4 Å². The second-order valence-corrected chi connectivity index (χ2v) is 6.74. The van der Waals surface area contributed by atoms with Crippen LogP contribution >= 0.6 is 15.9 Å². The summed E-state index contributed by atoms with van der Waals surface area (Å²) in [6.45, 7) is 4.61. The van der Waals surface area contributed by atoms with Crippen LogP contribution in [0.4, 0.5) is 5.69 Å². The van der Waals surface area contributed by atoms with Gasteiger partial charge in [-0.3, -0.25) is 4.79 Å². The standard InChI is InChI=1S/C21H22BrN3O/c1-3-16-9-6-7-15(2)20(16)25-21(26)18(13-23)14-24-12-11-17-8-4-5-10-19(17)22/h4-10,14,24H,3,11-12H2,1-2H3,(H,25,26)/b18-14-. The van der Waals surface area contributed by atoms with Gasteiger partial charge in [0.25, 0.3) is 5.91 Å². The number of nitrogens with one attached hydrogen (secondary N) is 2. The number of carbonyl (C=O) groups is 1. The molecule has 0 fully saturated rings. The number of hydrogen-bond acceptors (Lipinski definition) is 3. The predicted molar refractivity (Wildman–Crippen MR) is 109 cm³/mol. The van der Waals surface area contributed by atoms with Crippen LogP contribution in [0.3, 0.4) is 0 Å². The fourth-order valence-electron chi connectivity index (χ4n) is 2.61. The summed E-state index contributed by atoms with van der Waals surface area (Å²) in [6.07, 6.45) is 3.08. The van der Waals surface area contributed by atoms with Gasteiger partial charge in [0.1, 0.15) is 11.6 Å². The van der Waals surface area contributed by atoms with Gasteiger partial charge in [-0.05, 0) is 42.5 Å². The Kier molecular flexibility index (Phi) is 7.43. The summed E-state index contributed by atoms with van der Waals surface area (Å²) in [5.41, 5.74) is 4.05. The zero-order valence-corrected chi connectivity index (χ0v) is 16.6. The molecule has 2 N–H and O–H groups in total. The van der Waals surface area contributed by atoms with E-state index >= 15 is 0 Å². The predicted octanol–water partition coefficient (Wildman–Crippen LogP) is 4.50. The smallest absolute Gasteiger partial charge is 0.267 e. The molecule has 0 heterocycles. The molecule has 26 heavy (non-hydrogen) atoms. The van der Waals surface area contributed by atoms with Crippen molar-refractivity contribution < 1.29 is 4.79 Å². The second kappa shape index (κ2) is 9.79. The van der Waals surface area contributed by atoms with Gasteiger partial charge < -0.3 is 10.6 Å². The van der Waals surface area contributed by atoms with E-state index in [4.69, 9.17) is 0 Å². The average molecular weight is 412 g/mol. The highest BCUT2D eigenvalue weighted by Crippen LogP contribution is 2.21. The van der Waals surface area contributed by atoms with E-state index < -0.39 is 5.91 Å². The van der Waals surface area contributed by atoms with Crippen LogP contribution in [-0.4, -0.2) is 12.5 Å². The van der Waals surface area contributed by atoms with Crippen LogP contribution in [0, 0.1) is 18.3 Å². The maximum Gasteiger partial charge on any atom is 0.267 e. The summed E-state index contributed by atoms with van der Waals surface area (Å²) in [5, 5.41) is 15.2. The number of amides is 1. The van der Waals surface area contributed by atoms with E-state index in [-0.39, 0.29) is 5.57 Å². The second-order valence-electron chi connectivity index (χ2n) is 5.88. The minimum Gasteiger partial charge on any atom is -0.389 e. The van der Waals surface area contributed by atoms with E-state index in [9.17, 15) is 10.1 Å². The summed E-state index contributed by atoms with van der Waals surface area (Å²) in [5.74, 6) is -0.398.